The van der Waals surface area contributed by atoms with Gasteiger partial charge in [0.1, 0.15) is 0 Å². The van der Waals surface area contributed by atoms with Crippen LogP contribution in [0.15, 0.2) is 21.7 Å². The van der Waals surface area contributed by atoms with Crippen LogP contribution in [0, 0.1) is 5.92 Å². The molecule has 21 heavy (non-hydrogen) atoms. The first-order valence-electron chi connectivity index (χ1n) is 7.27. The van der Waals surface area contributed by atoms with Gasteiger partial charge in [0.05, 0.1) is 24.2 Å². The summed E-state index contributed by atoms with van der Waals surface area (Å²) in [5, 5.41) is 7.95. The van der Waals surface area contributed by atoms with Gasteiger partial charge in [-0.2, -0.15) is 5.10 Å². The highest BCUT2D eigenvalue weighted by Crippen LogP contribution is 2.40. The summed E-state index contributed by atoms with van der Waals surface area (Å²) in [6, 6.07) is 4.33. The minimum Gasteiger partial charge on any atom is -0.492 e. The summed E-state index contributed by atoms with van der Waals surface area (Å²) in [7, 11) is 1.66. The van der Waals surface area contributed by atoms with Crippen molar-refractivity contribution >= 4 is 21.6 Å². The molecule has 2 unspecified atom stereocenters. The summed E-state index contributed by atoms with van der Waals surface area (Å²) in [5.74, 6) is 1.92. The summed E-state index contributed by atoms with van der Waals surface area (Å²) in [6.07, 6.45) is 1.02. The maximum atomic E-state index is 5.71. The third-order valence-electron chi connectivity index (χ3n) is 3.99. The molecule has 0 aromatic heterocycles. The molecule has 1 saturated heterocycles. The fraction of sp³-hybridized carbons (Fsp3) is 0.533. The first-order valence-corrected chi connectivity index (χ1v) is 8.06. The zero-order valence-electron chi connectivity index (χ0n) is 12.3. The number of ether oxygens (including phenoxy) is 2. The van der Waals surface area contributed by atoms with Crippen LogP contribution in [0.3, 0.4) is 0 Å². The lowest BCUT2D eigenvalue weighted by molar-refractivity contribution is 0.308. The van der Waals surface area contributed by atoms with Crippen molar-refractivity contribution in [3.63, 3.8) is 0 Å². The van der Waals surface area contributed by atoms with Gasteiger partial charge in [0.2, 0.25) is 0 Å². The number of nitrogens with zero attached hydrogens (tertiary/aromatic N) is 1. The highest BCUT2D eigenvalue weighted by molar-refractivity contribution is 9.10. The Balaban J connectivity index is 1.92. The first kappa shape index (κ1) is 14.7. The third-order valence-corrected chi connectivity index (χ3v) is 4.58. The van der Waals surface area contributed by atoms with E-state index in [0.717, 1.165) is 35.5 Å². The molecule has 0 amide bonds. The maximum Gasteiger partial charge on any atom is 0.174 e. The lowest BCUT2D eigenvalue weighted by atomic mass is 9.87. The molecule has 2 N–H and O–H groups in total. The smallest absolute Gasteiger partial charge is 0.174 e. The SMILES string of the molecule is CCOc1cc(C2NN=C3CCNCC32)cc(Br)c1OC. The largest absolute Gasteiger partial charge is 0.492 e. The number of halogens is 1. The molecule has 0 spiro atoms. The van der Waals surface area contributed by atoms with Crippen LogP contribution < -0.4 is 20.2 Å². The molecule has 0 saturated carbocycles. The van der Waals surface area contributed by atoms with Crippen molar-refractivity contribution in [3.05, 3.63) is 22.2 Å². The second-order valence-corrected chi connectivity index (χ2v) is 6.09. The molecule has 114 valence electrons. The highest BCUT2D eigenvalue weighted by Gasteiger charge is 2.35. The molecule has 1 aromatic carbocycles. The van der Waals surface area contributed by atoms with Crippen molar-refractivity contribution in [2.24, 2.45) is 11.0 Å². The highest BCUT2D eigenvalue weighted by atomic mass is 79.9. The van der Waals surface area contributed by atoms with Crippen LogP contribution in [0.4, 0.5) is 0 Å². The fourth-order valence-electron chi connectivity index (χ4n) is 3.00. The van der Waals surface area contributed by atoms with Crippen molar-refractivity contribution in [1.82, 2.24) is 10.7 Å². The quantitative estimate of drug-likeness (QED) is 0.872. The zero-order valence-corrected chi connectivity index (χ0v) is 13.9. The van der Waals surface area contributed by atoms with E-state index in [1.54, 1.807) is 7.11 Å². The number of methoxy groups -OCH3 is 1. The second-order valence-electron chi connectivity index (χ2n) is 5.24. The third kappa shape index (κ3) is 2.74. The van der Waals surface area contributed by atoms with Crippen molar-refractivity contribution in [2.45, 2.75) is 19.4 Å². The molecule has 2 heterocycles. The van der Waals surface area contributed by atoms with Crippen molar-refractivity contribution < 1.29 is 9.47 Å². The van der Waals surface area contributed by atoms with E-state index in [0.29, 0.717) is 12.5 Å². The van der Waals surface area contributed by atoms with Gasteiger partial charge in [0.25, 0.3) is 0 Å². The number of hydrazone groups is 1. The molecule has 0 bridgehead atoms. The summed E-state index contributed by atoms with van der Waals surface area (Å²) in [5.41, 5.74) is 5.71. The lowest BCUT2D eigenvalue weighted by Gasteiger charge is -2.26. The Labute approximate surface area is 133 Å². The van der Waals surface area contributed by atoms with Crippen LogP contribution >= 0.6 is 15.9 Å². The number of hydrogen-bond donors (Lipinski definition) is 2. The predicted octanol–water partition coefficient (Wildman–Crippen LogP) is 2.47. The summed E-state index contributed by atoms with van der Waals surface area (Å²) in [6.45, 7) is 4.56. The van der Waals surface area contributed by atoms with Gasteiger partial charge in [-0.05, 0) is 40.5 Å². The van der Waals surface area contributed by atoms with E-state index in [1.807, 2.05) is 6.92 Å². The van der Waals surface area contributed by atoms with Crippen molar-refractivity contribution in [1.29, 1.82) is 0 Å². The van der Waals surface area contributed by atoms with Gasteiger partial charge in [-0.1, -0.05) is 0 Å². The average Bonchev–Trinajstić information content (AvgIpc) is 2.91. The number of nitrogens with one attached hydrogen (secondary N) is 2. The van der Waals surface area contributed by atoms with Crippen molar-refractivity contribution in [3.8, 4) is 11.5 Å². The second kappa shape index (κ2) is 6.23. The van der Waals surface area contributed by atoms with E-state index in [4.69, 9.17) is 9.47 Å². The first-order chi connectivity index (χ1) is 10.2. The van der Waals surface area contributed by atoms with Gasteiger partial charge in [-0.25, -0.2) is 0 Å². The number of hydrogen-bond acceptors (Lipinski definition) is 5. The van der Waals surface area contributed by atoms with Crippen molar-refractivity contribution in [2.75, 3.05) is 26.8 Å². The predicted molar refractivity (Wildman–Crippen MR) is 86.2 cm³/mol. The summed E-state index contributed by atoms with van der Waals surface area (Å²) >= 11 is 3.58. The van der Waals surface area contributed by atoms with Gasteiger partial charge < -0.3 is 20.2 Å². The number of rotatable bonds is 4. The van der Waals surface area contributed by atoms with Crippen LogP contribution in [-0.2, 0) is 0 Å². The Morgan fingerprint density at radius 2 is 2.29 bits per heavy atom. The molecule has 6 heteroatoms. The van der Waals surface area contributed by atoms with Crippen LogP contribution in [0.2, 0.25) is 0 Å². The lowest BCUT2D eigenvalue weighted by Crippen LogP contribution is -2.38. The number of piperidine rings is 1. The molecular formula is C15H20BrN3O2. The molecular weight excluding hydrogens is 334 g/mol. The average molecular weight is 354 g/mol. The fourth-order valence-corrected chi connectivity index (χ4v) is 3.63. The van der Waals surface area contributed by atoms with E-state index in [9.17, 15) is 0 Å². The Morgan fingerprint density at radius 1 is 1.43 bits per heavy atom. The van der Waals surface area contributed by atoms with Crippen LogP contribution in [-0.4, -0.2) is 32.5 Å². The molecule has 3 rings (SSSR count). The molecule has 1 fully saturated rings. The molecule has 0 aliphatic carbocycles. The van der Waals surface area contributed by atoms with E-state index in [1.165, 1.54) is 11.3 Å². The molecule has 1 aromatic rings. The normalized spacial score (nSPS) is 24.0. The standard InChI is InChI=1S/C15H20BrN3O2/c1-3-21-13-7-9(6-11(16)15(13)20-2)14-10-8-17-5-4-12(10)18-19-14/h6-7,10,14,17,19H,3-5,8H2,1-2H3. The molecule has 5 nitrogen and oxygen atoms in total. The Hall–Kier alpha value is -1.27. The Morgan fingerprint density at radius 3 is 3.05 bits per heavy atom. The summed E-state index contributed by atoms with van der Waals surface area (Å²) in [4.78, 5) is 0. The van der Waals surface area contributed by atoms with Crippen LogP contribution in [0.5, 0.6) is 11.5 Å². The zero-order chi connectivity index (χ0) is 14.8. The molecule has 0 radical (unpaired) electrons. The molecule has 2 aliphatic heterocycles. The van der Waals surface area contributed by atoms with E-state index < -0.39 is 0 Å². The monoisotopic (exact) mass is 353 g/mol. The maximum absolute atomic E-state index is 5.71. The van der Waals surface area contributed by atoms with Gasteiger partial charge in [-0.3, -0.25) is 0 Å². The molecule has 2 atom stereocenters. The van der Waals surface area contributed by atoms with Gasteiger partial charge in [0, 0.05) is 31.1 Å². The van der Waals surface area contributed by atoms with E-state index in [2.05, 4.69) is 43.9 Å². The van der Waals surface area contributed by atoms with E-state index >= 15 is 0 Å². The Kier molecular flexibility index (Phi) is 4.35. The molecule has 2 aliphatic rings. The number of fused-ring (bicyclic) bond motifs is 1. The summed E-state index contributed by atoms with van der Waals surface area (Å²) < 4.78 is 12.0. The van der Waals surface area contributed by atoms with Gasteiger partial charge in [-0.15, -0.1) is 0 Å². The Bertz CT molecular complexity index is 562. The van der Waals surface area contributed by atoms with Gasteiger partial charge >= 0.3 is 0 Å². The minimum atomic E-state index is 0.189. The van der Waals surface area contributed by atoms with E-state index in [-0.39, 0.29) is 6.04 Å². The minimum absolute atomic E-state index is 0.189. The van der Waals surface area contributed by atoms with Crippen LogP contribution in [0.25, 0.3) is 0 Å². The number of benzene rings is 1. The topological polar surface area (TPSA) is 54.9 Å². The van der Waals surface area contributed by atoms with Crippen LogP contribution in [0.1, 0.15) is 24.9 Å². The van der Waals surface area contributed by atoms with Gasteiger partial charge in [0.15, 0.2) is 11.5 Å².